The molecule has 0 unspecified atom stereocenters. The van der Waals surface area contributed by atoms with E-state index in [1.807, 2.05) is 0 Å². The highest BCUT2D eigenvalue weighted by atomic mass is 19.1. The number of benzene rings is 1. The van der Waals surface area contributed by atoms with Gasteiger partial charge in [-0.15, -0.1) is 0 Å². The molecule has 1 N–H and O–H groups in total. The molecule has 0 spiro atoms. The first-order valence-corrected chi connectivity index (χ1v) is 3.97. The Balaban J connectivity index is 2.93. The van der Waals surface area contributed by atoms with E-state index >= 15 is 0 Å². The number of hydrogen-bond donors (Lipinski definition) is 1. The normalized spacial score (nSPS) is 10.8. The maximum Gasteiger partial charge on any atom is 0.417 e. The number of H-pyrrole nitrogens is 1. The van der Waals surface area contributed by atoms with Gasteiger partial charge in [0.15, 0.2) is 5.58 Å². The van der Waals surface area contributed by atoms with Crippen LogP contribution >= 0.6 is 0 Å². The summed E-state index contributed by atoms with van der Waals surface area (Å²) in [5.74, 6) is -1.74. The average Bonchev–Trinajstić information content (AvgIpc) is 2.52. The van der Waals surface area contributed by atoms with Gasteiger partial charge in [0.25, 0.3) is 0 Å². The number of aromatic nitrogens is 1. The molecular formula is C8H5FN2O4. The molecule has 2 rings (SSSR count). The minimum atomic E-state index is -0.968. The molecule has 0 atom stereocenters. The smallest absolute Gasteiger partial charge is 0.408 e. The van der Waals surface area contributed by atoms with Crippen molar-refractivity contribution in [2.45, 2.75) is 6.92 Å². The quantitative estimate of drug-likeness (QED) is 0.572. The fourth-order valence-corrected chi connectivity index (χ4v) is 1.34. The highest BCUT2D eigenvalue weighted by molar-refractivity contribution is 5.79. The number of halogens is 1. The van der Waals surface area contributed by atoms with Gasteiger partial charge in [0, 0.05) is 5.56 Å². The van der Waals surface area contributed by atoms with E-state index in [9.17, 15) is 19.3 Å². The van der Waals surface area contributed by atoms with E-state index in [0.29, 0.717) is 0 Å². The third-order valence-corrected chi connectivity index (χ3v) is 2.07. The van der Waals surface area contributed by atoms with Crippen molar-refractivity contribution in [2.24, 2.45) is 0 Å². The summed E-state index contributed by atoms with van der Waals surface area (Å²) in [5.41, 5.74) is -0.596. The number of nitrogens with zero attached hydrogens (tertiary/aromatic N) is 1. The fourth-order valence-electron chi connectivity index (χ4n) is 1.34. The maximum atomic E-state index is 13.4. The number of aromatic amines is 1. The van der Waals surface area contributed by atoms with Crippen LogP contribution in [0.1, 0.15) is 5.56 Å². The van der Waals surface area contributed by atoms with E-state index in [0.717, 1.165) is 6.07 Å². The maximum absolute atomic E-state index is 13.4. The number of aryl methyl sites for hydroxylation is 1. The molecule has 1 aromatic heterocycles. The Kier molecular flexibility index (Phi) is 1.82. The van der Waals surface area contributed by atoms with Gasteiger partial charge in [-0.05, 0) is 6.92 Å². The van der Waals surface area contributed by atoms with Crippen LogP contribution in [0.2, 0.25) is 0 Å². The van der Waals surface area contributed by atoms with Crippen molar-refractivity contribution in [3.05, 3.63) is 38.1 Å². The Morgan fingerprint density at radius 2 is 2.27 bits per heavy atom. The monoisotopic (exact) mass is 212 g/mol. The van der Waals surface area contributed by atoms with Gasteiger partial charge in [-0.1, -0.05) is 0 Å². The largest absolute Gasteiger partial charge is 0.417 e. The van der Waals surface area contributed by atoms with Crippen molar-refractivity contribution in [1.29, 1.82) is 0 Å². The van der Waals surface area contributed by atoms with E-state index in [-0.39, 0.29) is 16.7 Å². The van der Waals surface area contributed by atoms with Crippen molar-refractivity contribution in [3.8, 4) is 0 Å². The van der Waals surface area contributed by atoms with Gasteiger partial charge in [0.05, 0.1) is 16.5 Å². The molecule has 0 aliphatic heterocycles. The summed E-state index contributed by atoms with van der Waals surface area (Å²) in [5, 5.41) is 10.5. The summed E-state index contributed by atoms with van der Waals surface area (Å²) in [7, 11) is 0. The lowest BCUT2D eigenvalue weighted by Crippen LogP contribution is -1.96. The molecule has 0 radical (unpaired) electrons. The first-order valence-electron chi connectivity index (χ1n) is 3.97. The number of hydrogen-bond acceptors (Lipinski definition) is 4. The predicted octanol–water partition coefficient (Wildman–Crippen LogP) is 1.48. The van der Waals surface area contributed by atoms with Crippen LogP contribution in [-0.4, -0.2) is 9.91 Å². The van der Waals surface area contributed by atoms with Gasteiger partial charge in [-0.25, -0.2) is 4.79 Å². The zero-order valence-electron chi connectivity index (χ0n) is 7.54. The zero-order valence-corrected chi connectivity index (χ0v) is 7.54. The molecule has 0 aliphatic carbocycles. The Morgan fingerprint density at radius 1 is 1.60 bits per heavy atom. The standard InChI is InChI=1S/C8H5FN2O4/c1-3-6(9)4(11(13)14)2-5-7(3)10-8(12)15-5/h2H,1H3,(H,10,12). The molecule has 1 heterocycles. The molecule has 1 aromatic carbocycles. The molecule has 0 fully saturated rings. The van der Waals surface area contributed by atoms with Crippen LogP contribution in [0.3, 0.4) is 0 Å². The number of nitro groups is 1. The van der Waals surface area contributed by atoms with Crippen molar-refractivity contribution in [3.63, 3.8) is 0 Å². The second-order valence-corrected chi connectivity index (χ2v) is 2.98. The highest BCUT2D eigenvalue weighted by Gasteiger charge is 2.21. The van der Waals surface area contributed by atoms with E-state index < -0.39 is 22.2 Å². The second-order valence-electron chi connectivity index (χ2n) is 2.98. The molecule has 0 saturated carbocycles. The van der Waals surface area contributed by atoms with Gasteiger partial charge in [0.1, 0.15) is 0 Å². The molecule has 0 amide bonds. The van der Waals surface area contributed by atoms with Crippen LogP contribution in [0, 0.1) is 22.9 Å². The summed E-state index contributed by atoms with van der Waals surface area (Å²) in [6.07, 6.45) is 0. The van der Waals surface area contributed by atoms with Gasteiger partial charge >= 0.3 is 11.4 Å². The number of nitro benzene ring substituents is 1. The van der Waals surface area contributed by atoms with Crippen molar-refractivity contribution in [1.82, 2.24) is 4.98 Å². The highest BCUT2D eigenvalue weighted by Crippen LogP contribution is 2.26. The summed E-state index contributed by atoms with van der Waals surface area (Å²) in [6.45, 7) is 1.33. The number of rotatable bonds is 1. The molecule has 78 valence electrons. The lowest BCUT2D eigenvalue weighted by molar-refractivity contribution is -0.387. The second kappa shape index (κ2) is 2.91. The zero-order chi connectivity index (χ0) is 11.2. The Morgan fingerprint density at radius 3 is 2.87 bits per heavy atom. The Hall–Kier alpha value is -2.18. The molecule has 0 saturated heterocycles. The lowest BCUT2D eigenvalue weighted by Gasteiger charge is -1.97. The van der Waals surface area contributed by atoms with Gasteiger partial charge in [-0.3, -0.25) is 15.1 Å². The minimum absolute atomic E-state index is 0.00921. The lowest BCUT2D eigenvalue weighted by atomic mass is 10.2. The average molecular weight is 212 g/mol. The Labute approximate surface area is 81.5 Å². The van der Waals surface area contributed by atoms with Gasteiger partial charge in [-0.2, -0.15) is 4.39 Å². The SMILES string of the molecule is Cc1c(F)c([N+](=O)[O-])cc2oc(=O)[nH]c12. The molecule has 0 bridgehead atoms. The van der Waals surface area contributed by atoms with Crippen LogP contribution in [-0.2, 0) is 0 Å². The van der Waals surface area contributed by atoms with Crippen LogP contribution in [0.25, 0.3) is 11.1 Å². The topological polar surface area (TPSA) is 89.1 Å². The molecular weight excluding hydrogens is 207 g/mol. The van der Waals surface area contributed by atoms with Crippen LogP contribution in [0.5, 0.6) is 0 Å². The van der Waals surface area contributed by atoms with Crippen LogP contribution in [0.15, 0.2) is 15.3 Å². The first kappa shape index (κ1) is 9.38. The van der Waals surface area contributed by atoms with Crippen molar-refractivity contribution in [2.75, 3.05) is 0 Å². The van der Waals surface area contributed by atoms with Gasteiger partial charge in [0.2, 0.25) is 5.82 Å². The number of fused-ring (bicyclic) bond motifs is 1. The van der Waals surface area contributed by atoms with E-state index in [2.05, 4.69) is 9.40 Å². The molecule has 0 aliphatic rings. The Bertz CT molecular complexity index is 613. The summed E-state index contributed by atoms with van der Waals surface area (Å²) in [6, 6.07) is 0.884. The molecule has 2 aromatic rings. The predicted molar refractivity (Wildman–Crippen MR) is 48.2 cm³/mol. The van der Waals surface area contributed by atoms with Crippen LogP contribution in [0.4, 0.5) is 10.1 Å². The number of oxazole rings is 1. The van der Waals surface area contributed by atoms with E-state index in [1.165, 1.54) is 6.92 Å². The summed E-state index contributed by atoms with van der Waals surface area (Å²) < 4.78 is 18.0. The van der Waals surface area contributed by atoms with E-state index in [4.69, 9.17) is 0 Å². The van der Waals surface area contributed by atoms with Crippen molar-refractivity contribution < 1.29 is 13.7 Å². The first-order chi connectivity index (χ1) is 7.00. The fraction of sp³-hybridized carbons (Fsp3) is 0.125. The van der Waals surface area contributed by atoms with Crippen LogP contribution < -0.4 is 5.76 Å². The molecule has 6 nitrogen and oxygen atoms in total. The van der Waals surface area contributed by atoms with E-state index in [1.54, 1.807) is 0 Å². The molecule has 7 heteroatoms. The third kappa shape index (κ3) is 1.28. The minimum Gasteiger partial charge on any atom is -0.408 e. The number of nitrogens with one attached hydrogen (secondary N) is 1. The van der Waals surface area contributed by atoms with Gasteiger partial charge < -0.3 is 4.42 Å². The van der Waals surface area contributed by atoms with Crippen molar-refractivity contribution >= 4 is 16.8 Å². The third-order valence-electron chi connectivity index (χ3n) is 2.07. The molecule has 15 heavy (non-hydrogen) atoms. The summed E-state index contributed by atoms with van der Waals surface area (Å²) in [4.78, 5) is 22.7. The summed E-state index contributed by atoms with van der Waals surface area (Å²) >= 11 is 0.